The summed E-state index contributed by atoms with van der Waals surface area (Å²) in [5.74, 6) is -1.23. The van der Waals surface area contributed by atoms with E-state index in [-0.39, 0.29) is 25.2 Å². The summed E-state index contributed by atoms with van der Waals surface area (Å²) in [6, 6.07) is 7.93. The van der Waals surface area contributed by atoms with E-state index in [2.05, 4.69) is 5.32 Å². The number of Topliss-reactive ketones (excluding diaryl/α,β-unsaturated/α-hetero) is 1. The predicted molar refractivity (Wildman–Crippen MR) is 75.7 cm³/mol. The maximum Gasteiger partial charge on any atom is 0.408 e. The lowest BCUT2D eigenvalue weighted by Gasteiger charge is -2.14. The molecule has 0 unspecified atom stereocenters. The van der Waals surface area contributed by atoms with Crippen LogP contribution in [0, 0.1) is 0 Å². The molecule has 0 aliphatic heterocycles. The lowest BCUT2D eigenvalue weighted by atomic mass is 10.1. The second-order valence-electron chi connectivity index (χ2n) is 4.53. The highest BCUT2D eigenvalue weighted by Gasteiger charge is 2.21. The zero-order chi connectivity index (χ0) is 15.7. The fourth-order valence-corrected chi connectivity index (χ4v) is 1.65. The molecule has 6 heteroatoms. The van der Waals surface area contributed by atoms with E-state index < -0.39 is 18.1 Å². The molecule has 1 rings (SSSR count). The van der Waals surface area contributed by atoms with Gasteiger partial charge in [0.1, 0.15) is 18.4 Å². The second-order valence-corrected chi connectivity index (χ2v) is 4.53. The molecule has 0 spiro atoms. The maximum absolute atomic E-state index is 11.6. The Morgan fingerprint density at radius 3 is 2.48 bits per heavy atom. The zero-order valence-corrected chi connectivity index (χ0v) is 11.9. The highest BCUT2D eigenvalue weighted by atomic mass is 16.5. The molecule has 2 N–H and O–H groups in total. The van der Waals surface area contributed by atoms with Crippen molar-refractivity contribution in [3.8, 4) is 0 Å². The topological polar surface area (TPSA) is 92.7 Å². The second kappa shape index (κ2) is 8.73. The number of carboxylic acid groups (broad SMARTS) is 1. The summed E-state index contributed by atoms with van der Waals surface area (Å²) in [4.78, 5) is 33.8. The van der Waals surface area contributed by atoms with Crippen LogP contribution in [0.5, 0.6) is 0 Å². The maximum atomic E-state index is 11.6. The van der Waals surface area contributed by atoms with E-state index in [9.17, 15) is 14.4 Å². The number of carbonyl (C=O) groups is 3. The first-order chi connectivity index (χ1) is 10.0. The van der Waals surface area contributed by atoms with Crippen LogP contribution in [0.2, 0.25) is 0 Å². The van der Waals surface area contributed by atoms with Gasteiger partial charge in [0.25, 0.3) is 0 Å². The number of carboxylic acids is 1. The van der Waals surface area contributed by atoms with Crippen molar-refractivity contribution in [1.82, 2.24) is 5.32 Å². The Kier molecular flexibility index (Phi) is 6.94. The molecule has 114 valence electrons. The molecular weight excluding hydrogens is 274 g/mol. The monoisotopic (exact) mass is 293 g/mol. The van der Waals surface area contributed by atoms with Crippen LogP contribution in [-0.4, -0.2) is 29.0 Å². The van der Waals surface area contributed by atoms with E-state index in [1.807, 2.05) is 18.2 Å². The molecule has 0 aliphatic carbocycles. The molecule has 0 radical (unpaired) electrons. The van der Waals surface area contributed by atoms with Gasteiger partial charge in [-0.15, -0.1) is 0 Å². The molecule has 0 saturated heterocycles. The van der Waals surface area contributed by atoms with Gasteiger partial charge in [-0.1, -0.05) is 37.3 Å². The highest BCUT2D eigenvalue weighted by Crippen LogP contribution is 2.04. The van der Waals surface area contributed by atoms with E-state index in [1.54, 1.807) is 19.1 Å². The summed E-state index contributed by atoms with van der Waals surface area (Å²) >= 11 is 0. The summed E-state index contributed by atoms with van der Waals surface area (Å²) in [5.41, 5.74) is 0.806. The first-order valence-electron chi connectivity index (χ1n) is 6.74. The van der Waals surface area contributed by atoms with Crippen LogP contribution in [-0.2, 0) is 20.9 Å². The molecular formula is C15H19NO5. The molecule has 0 aliphatic rings. The molecule has 0 heterocycles. The number of nitrogens with one attached hydrogen (secondary N) is 1. The molecule has 1 aromatic carbocycles. The molecule has 0 aromatic heterocycles. The van der Waals surface area contributed by atoms with Gasteiger partial charge in [-0.3, -0.25) is 4.79 Å². The van der Waals surface area contributed by atoms with Crippen molar-refractivity contribution < 1.29 is 24.2 Å². The minimum Gasteiger partial charge on any atom is -0.480 e. The zero-order valence-electron chi connectivity index (χ0n) is 11.9. The van der Waals surface area contributed by atoms with Crippen LogP contribution in [0.4, 0.5) is 4.79 Å². The Labute approximate surface area is 123 Å². The van der Waals surface area contributed by atoms with Crippen LogP contribution < -0.4 is 5.32 Å². The summed E-state index contributed by atoms with van der Waals surface area (Å²) in [7, 11) is 0. The summed E-state index contributed by atoms with van der Waals surface area (Å²) in [6.07, 6.45) is -0.283. The molecule has 0 saturated carbocycles. The Balaban J connectivity index is 2.41. The third-order valence-corrected chi connectivity index (χ3v) is 2.91. The Bertz CT molecular complexity index is 486. The number of hydrogen-bond acceptors (Lipinski definition) is 4. The number of ether oxygens (including phenoxy) is 1. The van der Waals surface area contributed by atoms with Crippen molar-refractivity contribution in [2.45, 2.75) is 38.8 Å². The minimum atomic E-state index is -1.18. The van der Waals surface area contributed by atoms with Gasteiger partial charge in [-0.2, -0.15) is 0 Å². The number of carbonyl (C=O) groups excluding carboxylic acids is 2. The van der Waals surface area contributed by atoms with Gasteiger partial charge in [0.2, 0.25) is 0 Å². The number of rotatable bonds is 8. The molecule has 1 atom stereocenters. The largest absolute Gasteiger partial charge is 0.480 e. The number of alkyl carbamates (subject to hydrolysis) is 1. The minimum absolute atomic E-state index is 0.0410. The third-order valence-electron chi connectivity index (χ3n) is 2.91. The molecule has 6 nitrogen and oxygen atoms in total. The Morgan fingerprint density at radius 2 is 1.90 bits per heavy atom. The van der Waals surface area contributed by atoms with Crippen LogP contribution in [0.3, 0.4) is 0 Å². The molecule has 0 fully saturated rings. The van der Waals surface area contributed by atoms with Crippen molar-refractivity contribution in [1.29, 1.82) is 0 Å². The van der Waals surface area contributed by atoms with Crippen LogP contribution in [0.15, 0.2) is 30.3 Å². The van der Waals surface area contributed by atoms with Crippen molar-refractivity contribution in [2.75, 3.05) is 0 Å². The van der Waals surface area contributed by atoms with E-state index in [4.69, 9.17) is 9.84 Å². The number of hydrogen-bond donors (Lipinski definition) is 2. The van der Waals surface area contributed by atoms with Gasteiger partial charge >= 0.3 is 12.1 Å². The summed E-state index contributed by atoms with van der Waals surface area (Å²) in [5, 5.41) is 11.3. The van der Waals surface area contributed by atoms with Crippen molar-refractivity contribution >= 4 is 17.8 Å². The predicted octanol–water partition coefficient (Wildman–Crippen LogP) is 2.13. The van der Waals surface area contributed by atoms with Gasteiger partial charge in [-0.05, 0) is 12.0 Å². The van der Waals surface area contributed by atoms with E-state index >= 15 is 0 Å². The first kappa shape index (κ1) is 16.7. The summed E-state index contributed by atoms with van der Waals surface area (Å²) in [6.45, 7) is 1.77. The van der Waals surface area contributed by atoms with Crippen LogP contribution in [0.1, 0.15) is 31.7 Å². The van der Waals surface area contributed by atoms with Gasteiger partial charge in [0, 0.05) is 12.8 Å². The Morgan fingerprint density at radius 1 is 1.24 bits per heavy atom. The van der Waals surface area contributed by atoms with E-state index in [1.165, 1.54) is 0 Å². The molecule has 1 amide bonds. The average Bonchev–Trinajstić information content (AvgIpc) is 2.49. The van der Waals surface area contributed by atoms with Crippen LogP contribution in [0.25, 0.3) is 0 Å². The number of ketones is 1. The molecule has 21 heavy (non-hydrogen) atoms. The fraction of sp³-hybridized carbons (Fsp3) is 0.400. The smallest absolute Gasteiger partial charge is 0.408 e. The van der Waals surface area contributed by atoms with Crippen molar-refractivity contribution in [3.63, 3.8) is 0 Å². The van der Waals surface area contributed by atoms with Crippen molar-refractivity contribution in [2.24, 2.45) is 0 Å². The average molecular weight is 293 g/mol. The quantitative estimate of drug-likeness (QED) is 0.766. The highest BCUT2D eigenvalue weighted by molar-refractivity contribution is 5.82. The van der Waals surface area contributed by atoms with Crippen LogP contribution >= 0.6 is 0 Å². The number of amides is 1. The number of benzene rings is 1. The Hall–Kier alpha value is -2.37. The lowest BCUT2D eigenvalue weighted by Crippen LogP contribution is -2.41. The molecule has 1 aromatic rings. The lowest BCUT2D eigenvalue weighted by molar-refractivity contribution is -0.139. The van der Waals surface area contributed by atoms with Gasteiger partial charge in [0.05, 0.1) is 0 Å². The SMILES string of the molecule is CCC(=O)CC[C@H](NC(=O)OCc1ccccc1)C(=O)O. The van der Waals surface area contributed by atoms with Gasteiger partial charge < -0.3 is 15.2 Å². The summed E-state index contributed by atoms with van der Waals surface area (Å²) < 4.78 is 4.94. The van der Waals surface area contributed by atoms with E-state index in [0.717, 1.165) is 5.56 Å². The normalized spacial score (nSPS) is 11.5. The standard InChI is InChI=1S/C15H19NO5/c1-2-12(17)8-9-13(14(18)19)16-15(20)21-10-11-6-4-3-5-7-11/h3-7,13H,2,8-10H2,1H3,(H,16,20)(H,18,19)/t13-/m0/s1. The molecule has 0 bridgehead atoms. The fourth-order valence-electron chi connectivity index (χ4n) is 1.65. The van der Waals surface area contributed by atoms with Gasteiger partial charge in [0.15, 0.2) is 0 Å². The third kappa shape index (κ3) is 6.56. The first-order valence-corrected chi connectivity index (χ1v) is 6.74. The van der Waals surface area contributed by atoms with Crippen molar-refractivity contribution in [3.05, 3.63) is 35.9 Å². The van der Waals surface area contributed by atoms with E-state index in [0.29, 0.717) is 6.42 Å². The number of aliphatic carboxylic acids is 1. The van der Waals surface area contributed by atoms with Gasteiger partial charge in [-0.25, -0.2) is 9.59 Å².